The fourth-order valence-corrected chi connectivity index (χ4v) is 3.52. The van der Waals surface area contributed by atoms with Crippen molar-refractivity contribution < 1.29 is 12.8 Å². The zero-order chi connectivity index (χ0) is 15.6. The van der Waals surface area contributed by atoms with Crippen LogP contribution in [-0.4, -0.2) is 15.5 Å². The molecule has 2 aromatic rings. The molecule has 4 nitrogen and oxygen atoms in total. The number of para-hydroxylation sites is 1. The van der Waals surface area contributed by atoms with Crippen molar-refractivity contribution in [2.24, 2.45) is 5.73 Å². The third-order valence-electron chi connectivity index (χ3n) is 3.31. The molecular weight excluding hydrogens is 291 g/mol. The Hall–Kier alpha value is -1.92. The summed E-state index contributed by atoms with van der Waals surface area (Å²) < 4.78 is 40.0. The molecule has 0 aliphatic carbocycles. The Morgan fingerprint density at radius 1 is 1.19 bits per heavy atom. The van der Waals surface area contributed by atoms with Gasteiger partial charge in [0.15, 0.2) is 0 Å². The summed E-state index contributed by atoms with van der Waals surface area (Å²) in [6, 6.07) is 10.7. The first-order valence-corrected chi connectivity index (χ1v) is 7.85. The molecule has 0 aliphatic rings. The standard InChI is InChI=1S/C15H17FN2O2S/c1-11-9-12(10-17)7-8-15(11)21(19,20)18(2)14-6-4-3-5-13(14)16/h3-9H,10,17H2,1-2H3. The Bertz CT molecular complexity index is 760. The molecule has 0 amide bonds. The maximum atomic E-state index is 13.8. The molecule has 21 heavy (non-hydrogen) atoms. The van der Waals surface area contributed by atoms with E-state index in [2.05, 4.69) is 0 Å². The lowest BCUT2D eigenvalue weighted by molar-refractivity contribution is 0.589. The Morgan fingerprint density at radius 3 is 2.43 bits per heavy atom. The molecule has 2 rings (SSSR count). The summed E-state index contributed by atoms with van der Waals surface area (Å²) in [4.78, 5) is 0.144. The molecule has 0 radical (unpaired) electrons. The molecule has 0 bridgehead atoms. The van der Waals surface area contributed by atoms with Crippen LogP contribution in [0.25, 0.3) is 0 Å². The average Bonchev–Trinajstić information content (AvgIpc) is 2.46. The number of benzene rings is 2. The zero-order valence-corrected chi connectivity index (χ0v) is 12.7. The van der Waals surface area contributed by atoms with E-state index in [4.69, 9.17) is 5.73 Å². The lowest BCUT2D eigenvalue weighted by atomic mass is 10.1. The molecule has 2 aromatic carbocycles. The van der Waals surface area contributed by atoms with E-state index in [0.717, 1.165) is 9.87 Å². The topological polar surface area (TPSA) is 63.4 Å². The van der Waals surface area contributed by atoms with Gasteiger partial charge in [-0.3, -0.25) is 4.31 Å². The number of halogens is 1. The summed E-state index contributed by atoms with van der Waals surface area (Å²) in [6.45, 7) is 2.03. The highest BCUT2D eigenvalue weighted by Crippen LogP contribution is 2.26. The molecule has 0 atom stereocenters. The van der Waals surface area contributed by atoms with Crippen molar-refractivity contribution in [3.05, 3.63) is 59.4 Å². The molecule has 0 spiro atoms. The Kier molecular flexibility index (Phi) is 4.29. The van der Waals surface area contributed by atoms with E-state index in [-0.39, 0.29) is 10.6 Å². The molecular formula is C15H17FN2O2S. The fourth-order valence-electron chi connectivity index (χ4n) is 2.11. The van der Waals surface area contributed by atoms with Crippen LogP contribution in [0.5, 0.6) is 0 Å². The first kappa shape index (κ1) is 15.5. The van der Waals surface area contributed by atoms with Crippen LogP contribution in [0.3, 0.4) is 0 Å². The van der Waals surface area contributed by atoms with Gasteiger partial charge < -0.3 is 5.73 Å². The van der Waals surface area contributed by atoms with Crippen molar-refractivity contribution in [2.75, 3.05) is 11.4 Å². The predicted octanol–water partition coefficient (Wildman–Crippen LogP) is 2.42. The summed E-state index contributed by atoms with van der Waals surface area (Å²) in [7, 11) is -2.48. The van der Waals surface area contributed by atoms with Crippen LogP contribution in [0, 0.1) is 12.7 Å². The second kappa shape index (κ2) is 5.83. The molecule has 0 unspecified atom stereocenters. The van der Waals surface area contributed by atoms with Crippen molar-refractivity contribution in [1.29, 1.82) is 0 Å². The van der Waals surface area contributed by atoms with Crippen LogP contribution < -0.4 is 10.0 Å². The molecule has 0 aliphatic heterocycles. The van der Waals surface area contributed by atoms with E-state index in [9.17, 15) is 12.8 Å². The number of hydrogen-bond donors (Lipinski definition) is 1. The molecule has 2 N–H and O–H groups in total. The van der Waals surface area contributed by atoms with Gasteiger partial charge in [0.1, 0.15) is 5.82 Å². The number of rotatable bonds is 4. The minimum Gasteiger partial charge on any atom is -0.326 e. The van der Waals surface area contributed by atoms with Crippen LogP contribution in [-0.2, 0) is 16.6 Å². The molecule has 6 heteroatoms. The van der Waals surface area contributed by atoms with E-state index < -0.39 is 15.8 Å². The largest absolute Gasteiger partial charge is 0.326 e. The Morgan fingerprint density at radius 2 is 1.86 bits per heavy atom. The van der Waals surface area contributed by atoms with Gasteiger partial charge >= 0.3 is 0 Å². The van der Waals surface area contributed by atoms with Gasteiger partial charge in [-0.05, 0) is 36.2 Å². The quantitative estimate of drug-likeness (QED) is 0.943. The molecule has 0 saturated carbocycles. The van der Waals surface area contributed by atoms with Gasteiger partial charge in [0.2, 0.25) is 0 Å². The van der Waals surface area contributed by atoms with Gasteiger partial charge in [0, 0.05) is 13.6 Å². The lowest BCUT2D eigenvalue weighted by Gasteiger charge is -2.21. The second-order valence-electron chi connectivity index (χ2n) is 4.73. The highest BCUT2D eigenvalue weighted by Gasteiger charge is 2.24. The first-order chi connectivity index (χ1) is 9.87. The summed E-state index contributed by atoms with van der Waals surface area (Å²) in [5.74, 6) is -0.584. The monoisotopic (exact) mass is 308 g/mol. The minimum atomic E-state index is -3.82. The maximum Gasteiger partial charge on any atom is 0.264 e. The summed E-state index contributed by atoms with van der Waals surface area (Å²) in [5, 5.41) is 0. The fraction of sp³-hybridized carbons (Fsp3) is 0.200. The lowest BCUT2D eigenvalue weighted by Crippen LogP contribution is -2.28. The number of nitrogens with two attached hydrogens (primary N) is 1. The summed E-state index contributed by atoms with van der Waals surface area (Å²) in [5.41, 5.74) is 6.98. The van der Waals surface area contributed by atoms with E-state index in [0.29, 0.717) is 12.1 Å². The predicted molar refractivity (Wildman–Crippen MR) is 81.1 cm³/mol. The van der Waals surface area contributed by atoms with Crippen molar-refractivity contribution in [3.8, 4) is 0 Å². The SMILES string of the molecule is Cc1cc(CN)ccc1S(=O)(=O)N(C)c1ccccc1F. The van der Waals surface area contributed by atoms with Gasteiger partial charge in [0.25, 0.3) is 10.0 Å². The Labute approximate surface area is 124 Å². The van der Waals surface area contributed by atoms with Gasteiger partial charge in [-0.2, -0.15) is 0 Å². The highest BCUT2D eigenvalue weighted by molar-refractivity contribution is 7.92. The van der Waals surface area contributed by atoms with Crippen LogP contribution in [0.15, 0.2) is 47.4 Å². The van der Waals surface area contributed by atoms with Crippen LogP contribution in [0.4, 0.5) is 10.1 Å². The number of sulfonamides is 1. The van der Waals surface area contributed by atoms with E-state index in [1.165, 1.54) is 31.3 Å². The van der Waals surface area contributed by atoms with Gasteiger partial charge in [0.05, 0.1) is 10.6 Å². The zero-order valence-electron chi connectivity index (χ0n) is 11.9. The average molecular weight is 308 g/mol. The molecule has 0 heterocycles. The number of aryl methyl sites for hydroxylation is 1. The van der Waals surface area contributed by atoms with Gasteiger partial charge in [-0.25, -0.2) is 12.8 Å². The maximum absolute atomic E-state index is 13.8. The molecule has 0 saturated heterocycles. The van der Waals surface area contributed by atoms with E-state index in [1.807, 2.05) is 0 Å². The third kappa shape index (κ3) is 2.91. The Balaban J connectivity index is 2.50. The number of hydrogen-bond acceptors (Lipinski definition) is 3. The van der Waals surface area contributed by atoms with Crippen molar-refractivity contribution >= 4 is 15.7 Å². The number of nitrogens with zero attached hydrogens (tertiary/aromatic N) is 1. The van der Waals surface area contributed by atoms with Crippen LogP contribution in [0.1, 0.15) is 11.1 Å². The molecule has 112 valence electrons. The van der Waals surface area contributed by atoms with Gasteiger partial charge in [-0.1, -0.05) is 24.3 Å². The van der Waals surface area contributed by atoms with Crippen molar-refractivity contribution in [1.82, 2.24) is 0 Å². The first-order valence-electron chi connectivity index (χ1n) is 6.41. The summed E-state index contributed by atoms with van der Waals surface area (Å²) >= 11 is 0. The summed E-state index contributed by atoms with van der Waals surface area (Å²) in [6.07, 6.45) is 0. The number of anilines is 1. The molecule has 0 aromatic heterocycles. The normalized spacial score (nSPS) is 11.4. The van der Waals surface area contributed by atoms with Crippen LogP contribution in [0.2, 0.25) is 0 Å². The smallest absolute Gasteiger partial charge is 0.264 e. The minimum absolute atomic E-state index is 0.0137. The van der Waals surface area contributed by atoms with Gasteiger partial charge in [-0.15, -0.1) is 0 Å². The van der Waals surface area contributed by atoms with Crippen molar-refractivity contribution in [3.63, 3.8) is 0 Å². The van der Waals surface area contributed by atoms with Crippen LogP contribution >= 0.6 is 0 Å². The highest BCUT2D eigenvalue weighted by atomic mass is 32.2. The van der Waals surface area contributed by atoms with E-state index in [1.54, 1.807) is 25.1 Å². The second-order valence-corrected chi connectivity index (χ2v) is 6.67. The molecule has 0 fully saturated rings. The third-order valence-corrected chi connectivity index (χ3v) is 5.24. The van der Waals surface area contributed by atoms with Crippen molar-refractivity contribution in [2.45, 2.75) is 18.4 Å². The van der Waals surface area contributed by atoms with E-state index >= 15 is 0 Å².